The molecule has 1 saturated carbocycles. The van der Waals surface area contributed by atoms with Crippen molar-refractivity contribution in [3.05, 3.63) is 34.9 Å². The molecule has 108 valence electrons. The van der Waals surface area contributed by atoms with Crippen LogP contribution in [-0.2, 0) is 6.54 Å². The largest absolute Gasteiger partial charge is 0.478 e. The van der Waals surface area contributed by atoms with Crippen molar-refractivity contribution in [2.75, 3.05) is 0 Å². The molecule has 1 fully saturated rings. The number of carboxylic acid groups (broad SMARTS) is 1. The molecule has 4 nitrogen and oxygen atoms in total. The Kier molecular flexibility index (Phi) is 4.90. The molecule has 0 atom stereocenters. The molecular formula is C16H21NO3. The molecule has 0 radical (unpaired) electrons. The summed E-state index contributed by atoms with van der Waals surface area (Å²) in [7, 11) is 0. The lowest BCUT2D eigenvalue weighted by Crippen LogP contribution is -2.30. The van der Waals surface area contributed by atoms with E-state index >= 15 is 0 Å². The minimum absolute atomic E-state index is 0.105. The second-order valence-corrected chi connectivity index (χ2v) is 5.50. The summed E-state index contributed by atoms with van der Waals surface area (Å²) in [6.07, 6.45) is 6.18. The second-order valence-electron chi connectivity index (χ2n) is 5.50. The van der Waals surface area contributed by atoms with Crippen LogP contribution in [0.5, 0.6) is 0 Å². The maximum absolute atomic E-state index is 11.5. The quantitative estimate of drug-likeness (QED) is 0.811. The predicted molar refractivity (Wildman–Crippen MR) is 77.1 cm³/mol. The Morgan fingerprint density at radius 3 is 2.40 bits per heavy atom. The van der Waals surface area contributed by atoms with Crippen LogP contribution in [0, 0.1) is 0 Å². The minimum atomic E-state index is -0.994. The number of rotatable bonds is 5. The Bertz CT molecular complexity index is 472. The van der Waals surface area contributed by atoms with E-state index in [1.165, 1.54) is 45.1 Å². The van der Waals surface area contributed by atoms with Crippen LogP contribution < -0.4 is 5.32 Å². The van der Waals surface area contributed by atoms with Gasteiger partial charge < -0.3 is 10.4 Å². The molecule has 0 unspecified atom stereocenters. The van der Waals surface area contributed by atoms with Crippen molar-refractivity contribution in [3.63, 3.8) is 0 Å². The Balaban J connectivity index is 2.09. The first-order valence-corrected chi connectivity index (χ1v) is 7.18. The highest BCUT2D eigenvalue weighted by Gasteiger charge is 2.14. The van der Waals surface area contributed by atoms with Crippen molar-refractivity contribution < 1.29 is 14.7 Å². The van der Waals surface area contributed by atoms with E-state index in [1.54, 1.807) is 12.1 Å². The third-order valence-electron chi connectivity index (χ3n) is 3.85. The highest BCUT2D eigenvalue weighted by molar-refractivity contribution is 5.97. The van der Waals surface area contributed by atoms with Gasteiger partial charge in [-0.15, -0.1) is 0 Å². The van der Waals surface area contributed by atoms with Crippen LogP contribution in [0.25, 0.3) is 0 Å². The van der Waals surface area contributed by atoms with Crippen LogP contribution in [0.2, 0.25) is 0 Å². The fourth-order valence-corrected chi connectivity index (χ4v) is 2.69. The van der Waals surface area contributed by atoms with Crippen molar-refractivity contribution in [2.24, 2.45) is 0 Å². The predicted octanol–water partition coefficient (Wildman–Crippen LogP) is 3.01. The molecule has 4 heteroatoms. The molecule has 2 N–H and O–H groups in total. The third-order valence-corrected chi connectivity index (χ3v) is 3.85. The van der Waals surface area contributed by atoms with Crippen LogP contribution >= 0.6 is 0 Å². The average Bonchev–Trinajstić information content (AvgIpc) is 2.45. The molecule has 1 aliphatic carbocycles. The molecule has 0 heterocycles. The summed E-state index contributed by atoms with van der Waals surface area (Å²) in [5.74, 6) is -1.10. The molecule has 0 saturated heterocycles. The van der Waals surface area contributed by atoms with E-state index in [0.717, 1.165) is 5.56 Å². The molecule has 20 heavy (non-hydrogen) atoms. The summed E-state index contributed by atoms with van der Waals surface area (Å²) in [4.78, 5) is 22.6. The van der Waals surface area contributed by atoms with E-state index in [9.17, 15) is 9.59 Å². The fourth-order valence-electron chi connectivity index (χ4n) is 2.69. The van der Waals surface area contributed by atoms with E-state index in [1.807, 2.05) is 0 Å². The number of nitrogens with one attached hydrogen (secondary N) is 1. The van der Waals surface area contributed by atoms with Gasteiger partial charge in [-0.3, -0.25) is 4.79 Å². The minimum Gasteiger partial charge on any atom is -0.478 e. The molecule has 0 aromatic heterocycles. The number of hydrogen-bond donors (Lipinski definition) is 2. The second kappa shape index (κ2) is 6.66. The Hall–Kier alpha value is -1.68. The van der Waals surface area contributed by atoms with Gasteiger partial charge in [0, 0.05) is 18.2 Å². The third kappa shape index (κ3) is 3.90. The molecule has 1 aliphatic rings. The van der Waals surface area contributed by atoms with Crippen LogP contribution in [0.1, 0.15) is 65.3 Å². The van der Waals surface area contributed by atoms with Crippen LogP contribution in [0.4, 0.5) is 0 Å². The smallest absolute Gasteiger partial charge is 0.335 e. The molecule has 0 aliphatic heterocycles. The molecule has 1 aromatic rings. The molecule has 0 bridgehead atoms. The van der Waals surface area contributed by atoms with Crippen molar-refractivity contribution in [1.29, 1.82) is 0 Å². The first-order chi connectivity index (χ1) is 9.56. The van der Waals surface area contributed by atoms with Crippen molar-refractivity contribution >= 4 is 11.8 Å². The topological polar surface area (TPSA) is 66.4 Å². The number of carbonyl (C=O) groups excluding carboxylic acids is 1. The Labute approximate surface area is 119 Å². The lowest BCUT2D eigenvalue weighted by molar-refractivity contribution is 0.0696. The number of carboxylic acids is 1. The van der Waals surface area contributed by atoms with Gasteiger partial charge in [-0.1, -0.05) is 19.3 Å². The number of benzene rings is 1. The molecule has 0 spiro atoms. The molecule has 0 amide bonds. The number of ketones is 1. The van der Waals surface area contributed by atoms with Gasteiger partial charge in [0.1, 0.15) is 0 Å². The first kappa shape index (κ1) is 14.7. The number of carbonyl (C=O) groups is 2. The Morgan fingerprint density at radius 1 is 1.15 bits per heavy atom. The van der Waals surface area contributed by atoms with Gasteiger partial charge in [0.05, 0.1) is 5.56 Å². The van der Waals surface area contributed by atoms with Crippen LogP contribution in [0.3, 0.4) is 0 Å². The van der Waals surface area contributed by atoms with Crippen molar-refractivity contribution in [2.45, 2.75) is 51.6 Å². The van der Waals surface area contributed by atoms with Gasteiger partial charge in [0.15, 0.2) is 5.78 Å². The fraction of sp³-hybridized carbons (Fsp3) is 0.500. The number of hydrogen-bond acceptors (Lipinski definition) is 3. The summed E-state index contributed by atoms with van der Waals surface area (Å²) in [6, 6.07) is 5.38. The first-order valence-electron chi connectivity index (χ1n) is 7.18. The number of aromatic carboxylic acids is 1. The monoisotopic (exact) mass is 275 g/mol. The van der Waals surface area contributed by atoms with Gasteiger partial charge in [-0.25, -0.2) is 4.79 Å². The maximum Gasteiger partial charge on any atom is 0.335 e. The lowest BCUT2D eigenvalue weighted by Gasteiger charge is -2.23. The highest BCUT2D eigenvalue weighted by atomic mass is 16.4. The van der Waals surface area contributed by atoms with Crippen LogP contribution in [0.15, 0.2) is 18.2 Å². The van der Waals surface area contributed by atoms with Gasteiger partial charge in [0.2, 0.25) is 0 Å². The molecule has 2 rings (SSSR count). The summed E-state index contributed by atoms with van der Waals surface area (Å²) in [6.45, 7) is 2.07. The highest BCUT2D eigenvalue weighted by Crippen LogP contribution is 2.18. The molecular weight excluding hydrogens is 254 g/mol. The zero-order valence-corrected chi connectivity index (χ0v) is 11.8. The van der Waals surface area contributed by atoms with Gasteiger partial charge in [-0.05, 0) is 43.5 Å². The normalized spacial score (nSPS) is 16.1. The Morgan fingerprint density at radius 2 is 1.80 bits per heavy atom. The maximum atomic E-state index is 11.5. The van der Waals surface area contributed by atoms with Gasteiger partial charge in [-0.2, -0.15) is 0 Å². The van der Waals surface area contributed by atoms with Crippen molar-refractivity contribution in [1.82, 2.24) is 5.32 Å². The number of Topliss-reactive ketones (excluding diaryl/α,β-unsaturated/α-hetero) is 1. The van der Waals surface area contributed by atoms with Crippen molar-refractivity contribution in [3.8, 4) is 0 Å². The lowest BCUT2D eigenvalue weighted by atomic mass is 9.95. The summed E-state index contributed by atoms with van der Waals surface area (Å²) in [5, 5.41) is 12.6. The van der Waals surface area contributed by atoms with E-state index in [-0.39, 0.29) is 11.3 Å². The summed E-state index contributed by atoms with van der Waals surface area (Å²) in [5.41, 5.74) is 1.50. The van der Waals surface area contributed by atoms with Crippen LogP contribution in [-0.4, -0.2) is 22.9 Å². The molecule has 1 aromatic carbocycles. The summed E-state index contributed by atoms with van der Waals surface area (Å²) >= 11 is 0. The van der Waals surface area contributed by atoms with E-state index in [4.69, 9.17) is 5.11 Å². The van der Waals surface area contributed by atoms with E-state index in [2.05, 4.69) is 5.32 Å². The van der Waals surface area contributed by atoms with E-state index < -0.39 is 5.97 Å². The summed E-state index contributed by atoms with van der Waals surface area (Å²) < 4.78 is 0. The SMILES string of the molecule is CC(=O)c1cc(CNC2CCCCC2)cc(C(=O)O)c1. The zero-order chi connectivity index (χ0) is 14.5. The zero-order valence-electron chi connectivity index (χ0n) is 11.8. The van der Waals surface area contributed by atoms with Gasteiger partial charge >= 0.3 is 5.97 Å². The van der Waals surface area contributed by atoms with E-state index in [0.29, 0.717) is 18.2 Å². The van der Waals surface area contributed by atoms with Gasteiger partial charge in [0.25, 0.3) is 0 Å². The standard InChI is InChI=1S/C16H21NO3/c1-11(18)13-7-12(8-14(9-13)16(19)20)10-17-15-5-3-2-4-6-15/h7-9,15,17H,2-6,10H2,1H3,(H,19,20). The average molecular weight is 275 g/mol.